The van der Waals surface area contributed by atoms with Crippen LogP contribution in [0.1, 0.15) is 83.6 Å². The maximum Gasteiger partial charge on any atom is 0.242 e. The molecule has 1 aromatic rings. The van der Waals surface area contributed by atoms with Crippen molar-refractivity contribution in [2.75, 3.05) is 12.5 Å². The molecule has 1 N–H and O–H groups in total. The Morgan fingerprint density at radius 2 is 1.83 bits per heavy atom. The van der Waals surface area contributed by atoms with Gasteiger partial charge in [0.05, 0.1) is 5.25 Å². The number of nitrogens with one attached hydrogen (secondary N) is 1. The number of pyridine rings is 1. The summed E-state index contributed by atoms with van der Waals surface area (Å²) in [5.74, 6) is 0.700. The van der Waals surface area contributed by atoms with Crippen molar-refractivity contribution in [1.82, 2.24) is 9.71 Å². The molecule has 0 radical (unpaired) electrons. The van der Waals surface area contributed by atoms with E-state index < -0.39 is 0 Å². The van der Waals surface area contributed by atoms with Crippen molar-refractivity contribution in [3.8, 4) is 0 Å². The van der Waals surface area contributed by atoms with Crippen molar-refractivity contribution in [1.29, 1.82) is 0 Å². The first-order valence-electron chi connectivity index (χ1n) is 11.0. The van der Waals surface area contributed by atoms with Crippen molar-refractivity contribution < 1.29 is 4.79 Å². The standard InChI is InChI=1S/C23H40N2OS3/c1-6-8-11-18(3)29-25-23(26)22(28-5)16-21(27-4)15-19(12-9-7-2)20-13-10-14-24-17-20/h10,13-14,17-19,21-22H,6-9,11-12,15-16H2,1-5H3,(H,25,26)/t18?,19?,21?,22-/m0/s1. The summed E-state index contributed by atoms with van der Waals surface area (Å²) in [5, 5.41) is 0.962. The van der Waals surface area contributed by atoms with E-state index in [0.717, 1.165) is 19.3 Å². The quantitative estimate of drug-likeness (QED) is 0.273. The molecule has 166 valence electrons. The lowest BCUT2D eigenvalue weighted by Crippen LogP contribution is -2.32. The number of hydrogen-bond donors (Lipinski definition) is 1. The lowest BCUT2D eigenvalue weighted by molar-refractivity contribution is -0.118. The molecule has 1 amide bonds. The van der Waals surface area contributed by atoms with Crippen molar-refractivity contribution in [2.24, 2.45) is 0 Å². The van der Waals surface area contributed by atoms with Crippen LogP contribution in [0, 0.1) is 0 Å². The van der Waals surface area contributed by atoms with Crippen LogP contribution in [-0.2, 0) is 4.79 Å². The number of rotatable bonds is 16. The maximum atomic E-state index is 12.8. The van der Waals surface area contributed by atoms with E-state index in [1.165, 1.54) is 37.7 Å². The topological polar surface area (TPSA) is 42.0 Å². The first-order chi connectivity index (χ1) is 14.0. The number of carbonyl (C=O) groups is 1. The van der Waals surface area contributed by atoms with E-state index in [1.54, 1.807) is 23.7 Å². The highest BCUT2D eigenvalue weighted by molar-refractivity contribution is 8.01. The molecule has 3 nitrogen and oxygen atoms in total. The molecule has 0 fully saturated rings. The summed E-state index contributed by atoms with van der Waals surface area (Å²) in [6, 6.07) is 4.25. The number of nitrogens with zero attached hydrogens (tertiary/aromatic N) is 1. The minimum absolute atomic E-state index is 0.0130. The zero-order chi connectivity index (χ0) is 21.5. The zero-order valence-electron chi connectivity index (χ0n) is 18.9. The second-order valence-corrected chi connectivity index (χ2v) is 11.1. The van der Waals surface area contributed by atoms with Gasteiger partial charge in [-0.2, -0.15) is 23.5 Å². The van der Waals surface area contributed by atoms with E-state index in [2.05, 4.69) is 49.1 Å². The molecule has 0 aliphatic carbocycles. The number of aromatic nitrogens is 1. The van der Waals surface area contributed by atoms with E-state index in [4.69, 9.17) is 0 Å². The minimum atomic E-state index is 0.0130. The number of amides is 1. The predicted octanol–water partition coefficient (Wildman–Crippen LogP) is 6.94. The fourth-order valence-corrected chi connectivity index (χ4v) is 5.87. The molecule has 0 spiro atoms. The highest BCUT2D eigenvalue weighted by Crippen LogP contribution is 2.33. The third kappa shape index (κ3) is 11.0. The summed E-state index contributed by atoms with van der Waals surface area (Å²) in [4.78, 5) is 17.1. The van der Waals surface area contributed by atoms with Gasteiger partial charge in [-0.3, -0.25) is 14.5 Å². The van der Waals surface area contributed by atoms with E-state index in [1.807, 2.05) is 30.2 Å². The molecule has 0 aliphatic rings. The summed E-state index contributed by atoms with van der Waals surface area (Å²) in [6.45, 7) is 6.66. The van der Waals surface area contributed by atoms with Crippen LogP contribution in [-0.4, -0.2) is 39.2 Å². The fourth-order valence-electron chi connectivity index (χ4n) is 3.42. The maximum absolute atomic E-state index is 12.8. The van der Waals surface area contributed by atoms with Crippen LogP contribution in [0.3, 0.4) is 0 Å². The van der Waals surface area contributed by atoms with Gasteiger partial charge in [0.1, 0.15) is 0 Å². The van der Waals surface area contributed by atoms with Crippen molar-refractivity contribution in [3.63, 3.8) is 0 Å². The molecule has 1 rings (SSSR count). The SMILES string of the molecule is CCCCC(C)SNC(=O)[C@H](CC(CC(CCCC)c1cccnc1)SC)SC. The predicted molar refractivity (Wildman–Crippen MR) is 135 cm³/mol. The molecule has 29 heavy (non-hydrogen) atoms. The Bertz CT molecular complexity index is 544. The Labute approximate surface area is 191 Å². The largest absolute Gasteiger partial charge is 0.299 e. The van der Waals surface area contributed by atoms with Gasteiger partial charge in [-0.05, 0) is 67.7 Å². The molecule has 1 heterocycles. The molecule has 0 aliphatic heterocycles. The molecule has 4 atom stereocenters. The van der Waals surface area contributed by atoms with Gasteiger partial charge < -0.3 is 0 Å². The third-order valence-electron chi connectivity index (χ3n) is 5.32. The van der Waals surface area contributed by atoms with Gasteiger partial charge in [0.2, 0.25) is 5.91 Å². The second-order valence-electron chi connectivity index (χ2n) is 7.72. The first-order valence-corrected chi connectivity index (χ1v) is 14.4. The van der Waals surface area contributed by atoms with Crippen molar-refractivity contribution >= 4 is 41.4 Å². The van der Waals surface area contributed by atoms with Crippen LogP contribution >= 0.6 is 35.5 Å². The minimum Gasteiger partial charge on any atom is -0.299 e. The molecular formula is C23H40N2OS3. The highest BCUT2D eigenvalue weighted by Gasteiger charge is 2.25. The Morgan fingerprint density at radius 3 is 2.41 bits per heavy atom. The second kappa shape index (κ2) is 16.4. The monoisotopic (exact) mass is 456 g/mol. The van der Waals surface area contributed by atoms with E-state index in [9.17, 15) is 4.79 Å². The Kier molecular flexibility index (Phi) is 15.1. The lowest BCUT2D eigenvalue weighted by atomic mass is 9.89. The Balaban J connectivity index is 2.65. The van der Waals surface area contributed by atoms with Crippen LogP contribution in [0.5, 0.6) is 0 Å². The summed E-state index contributed by atoms with van der Waals surface area (Å²) >= 11 is 5.18. The molecule has 0 saturated carbocycles. The van der Waals surface area contributed by atoms with E-state index in [-0.39, 0.29) is 11.2 Å². The number of carbonyl (C=O) groups excluding carboxylic acids is 1. The molecule has 6 heteroatoms. The normalized spacial score (nSPS) is 15.5. The van der Waals surface area contributed by atoms with Gasteiger partial charge in [-0.1, -0.05) is 52.5 Å². The van der Waals surface area contributed by atoms with Crippen LogP contribution in [0.2, 0.25) is 0 Å². The fraction of sp³-hybridized carbons (Fsp3) is 0.739. The van der Waals surface area contributed by atoms with Gasteiger partial charge in [0.25, 0.3) is 0 Å². The average Bonchev–Trinajstić information content (AvgIpc) is 2.76. The summed E-state index contributed by atoms with van der Waals surface area (Å²) < 4.78 is 3.13. The smallest absolute Gasteiger partial charge is 0.242 e. The van der Waals surface area contributed by atoms with Gasteiger partial charge in [-0.15, -0.1) is 0 Å². The summed E-state index contributed by atoms with van der Waals surface area (Å²) in [6.07, 6.45) is 17.4. The van der Waals surface area contributed by atoms with E-state index >= 15 is 0 Å². The molecule has 0 bridgehead atoms. The molecule has 0 aromatic carbocycles. The summed E-state index contributed by atoms with van der Waals surface area (Å²) in [7, 11) is 0. The van der Waals surface area contributed by atoms with Gasteiger partial charge in [0.15, 0.2) is 0 Å². The number of thioether (sulfide) groups is 2. The average molecular weight is 457 g/mol. The Morgan fingerprint density at radius 1 is 1.10 bits per heavy atom. The number of hydrogen-bond acceptors (Lipinski definition) is 5. The highest BCUT2D eigenvalue weighted by atomic mass is 32.2. The first kappa shape index (κ1) is 26.7. The van der Waals surface area contributed by atoms with Crippen LogP contribution in [0.25, 0.3) is 0 Å². The van der Waals surface area contributed by atoms with Crippen LogP contribution in [0.4, 0.5) is 0 Å². The van der Waals surface area contributed by atoms with Crippen LogP contribution < -0.4 is 4.72 Å². The van der Waals surface area contributed by atoms with Crippen molar-refractivity contribution in [3.05, 3.63) is 30.1 Å². The third-order valence-corrected chi connectivity index (χ3v) is 8.31. The molecule has 3 unspecified atom stereocenters. The summed E-state index contributed by atoms with van der Waals surface area (Å²) in [5.41, 5.74) is 1.34. The Hall–Kier alpha value is -0.330. The van der Waals surface area contributed by atoms with Gasteiger partial charge >= 0.3 is 0 Å². The van der Waals surface area contributed by atoms with Gasteiger partial charge in [0, 0.05) is 22.9 Å². The van der Waals surface area contributed by atoms with Crippen molar-refractivity contribution in [2.45, 2.75) is 93.8 Å². The molecule has 0 saturated heterocycles. The zero-order valence-corrected chi connectivity index (χ0v) is 21.3. The van der Waals surface area contributed by atoms with Gasteiger partial charge in [-0.25, -0.2) is 0 Å². The van der Waals surface area contributed by atoms with Crippen LogP contribution in [0.15, 0.2) is 24.5 Å². The lowest BCUT2D eigenvalue weighted by Gasteiger charge is -2.25. The molecule has 1 aromatic heterocycles. The molecular weight excluding hydrogens is 416 g/mol. The van der Waals surface area contributed by atoms with E-state index in [0.29, 0.717) is 16.4 Å². The number of unbranched alkanes of at least 4 members (excludes halogenated alkanes) is 2.